The Morgan fingerprint density at radius 1 is 1.25 bits per heavy atom. The summed E-state index contributed by atoms with van der Waals surface area (Å²) in [6.45, 7) is 14.1. The Labute approximate surface area is 126 Å². The molecular formula is C18H34N2. The Kier molecular flexibility index (Phi) is 9.32. The summed E-state index contributed by atoms with van der Waals surface area (Å²) in [5, 5.41) is 3.30. The van der Waals surface area contributed by atoms with Gasteiger partial charge >= 0.3 is 0 Å². The molecule has 0 aromatic heterocycles. The quantitative estimate of drug-likeness (QED) is 0.646. The molecule has 0 heterocycles. The number of nitrogens with one attached hydrogen (secondary N) is 1. The summed E-state index contributed by atoms with van der Waals surface area (Å²) >= 11 is 0. The molecule has 0 bridgehead atoms. The van der Waals surface area contributed by atoms with Crippen molar-refractivity contribution in [2.45, 2.75) is 54.4 Å². The molecule has 2 heteroatoms. The van der Waals surface area contributed by atoms with Crippen LogP contribution in [0, 0.1) is 11.8 Å². The van der Waals surface area contributed by atoms with E-state index >= 15 is 0 Å². The predicted molar refractivity (Wildman–Crippen MR) is 91.6 cm³/mol. The summed E-state index contributed by atoms with van der Waals surface area (Å²) < 4.78 is 0. The van der Waals surface area contributed by atoms with Crippen LogP contribution in [0.3, 0.4) is 0 Å². The molecule has 0 radical (unpaired) electrons. The van der Waals surface area contributed by atoms with E-state index in [4.69, 9.17) is 5.73 Å². The van der Waals surface area contributed by atoms with Gasteiger partial charge in [0.25, 0.3) is 0 Å². The van der Waals surface area contributed by atoms with E-state index in [1.54, 1.807) is 5.57 Å². The third-order valence-corrected chi connectivity index (χ3v) is 4.00. The smallest absolute Gasteiger partial charge is 0.00708 e. The van der Waals surface area contributed by atoms with E-state index in [2.05, 4.69) is 59.0 Å². The van der Waals surface area contributed by atoms with Crippen LogP contribution in [0.5, 0.6) is 0 Å². The first kappa shape index (κ1) is 19.0. The molecule has 0 rings (SSSR count). The van der Waals surface area contributed by atoms with Crippen LogP contribution in [0.25, 0.3) is 0 Å². The van der Waals surface area contributed by atoms with Crippen molar-refractivity contribution >= 4 is 0 Å². The van der Waals surface area contributed by atoms with Gasteiger partial charge in [0.05, 0.1) is 0 Å². The number of hydrogen-bond acceptors (Lipinski definition) is 2. The van der Waals surface area contributed by atoms with E-state index in [0.29, 0.717) is 18.4 Å². The van der Waals surface area contributed by atoms with Crippen molar-refractivity contribution < 1.29 is 0 Å². The standard InChI is InChI=1S/C18H34N2/c1-8-10-16(9-2)18(13(3)4)14(5)17(11-12-19)15(6)20-7/h8,10,13-14,20H,9,11-12,19H2,1-7H3/b10-8-,17-15-,18-16+/t14-/m0/s1. The van der Waals surface area contributed by atoms with Crippen LogP contribution in [0.15, 0.2) is 34.6 Å². The molecule has 0 unspecified atom stereocenters. The molecule has 116 valence electrons. The van der Waals surface area contributed by atoms with Crippen molar-refractivity contribution in [3.05, 3.63) is 34.6 Å². The van der Waals surface area contributed by atoms with E-state index in [-0.39, 0.29) is 0 Å². The second-order valence-electron chi connectivity index (χ2n) is 5.65. The topological polar surface area (TPSA) is 38.0 Å². The molecule has 0 aromatic rings. The molecule has 1 atom stereocenters. The van der Waals surface area contributed by atoms with Crippen molar-refractivity contribution in [2.24, 2.45) is 17.6 Å². The molecule has 0 fully saturated rings. The van der Waals surface area contributed by atoms with Crippen LogP contribution in [-0.4, -0.2) is 13.6 Å². The van der Waals surface area contributed by atoms with Gasteiger partial charge in [0.2, 0.25) is 0 Å². The summed E-state index contributed by atoms with van der Waals surface area (Å²) in [6, 6.07) is 0. The molecule has 0 aliphatic heterocycles. The van der Waals surface area contributed by atoms with Crippen LogP contribution >= 0.6 is 0 Å². The zero-order valence-corrected chi connectivity index (χ0v) is 14.5. The molecule has 0 saturated heterocycles. The first-order valence-electron chi connectivity index (χ1n) is 7.87. The van der Waals surface area contributed by atoms with Gasteiger partial charge in [0, 0.05) is 18.7 Å². The van der Waals surface area contributed by atoms with Crippen molar-refractivity contribution in [1.82, 2.24) is 5.32 Å². The fraction of sp³-hybridized carbons (Fsp3) is 0.667. The molecule has 0 aliphatic carbocycles. The summed E-state index contributed by atoms with van der Waals surface area (Å²) in [4.78, 5) is 0. The van der Waals surface area contributed by atoms with Crippen molar-refractivity contribution in [1.29, 1.82) is 0 Å². The molecule has 0 saturated carbocycles. The second-order valence-corrected chi connectivity index (χ2v) is 5.65. The maximum absolute atomic E-state index is 5.81. The number of hydrogen-bond donors (Lipinski definition) is 2. The van der Waals surface area contributed by atoms with Crippen LogP contribution in [-0.2, 0) is 0 Å². The van der Waals surface area contributed by atoms with Gasteiger partial charge in [0.15, 0.2) is 0 Å². The molecule has 3 N–H and O–H groups in total. The lowest BCUT2D eigenvalue weighted by molar-refractivity contribution is 0.604. The van der Waals surface area contributed by atoms with Gasteiger partial charge in [-0.25, -0.2) is 0 Å². The number of nitrogens with two attached hydrogens (primary N) is 1. The van der Waals surface area contributed by atoms with Crippen LogP contribution < -0.4 is 11.1 Å². The van der Waals surface area contributed by atoms with Gasteiger partial charge < -0.3 is 11.1 Å². The van der Waals surface area contributed by atoms with E-state index in [1.165, 1.54) is 16.8 Å². The second kappa shape index (κ2) is 9.82. The molecule has 20 heavy (non-hydrogen) atoms. The van der Waals surface area contributed by atoms with Crippen molar-refractivity contribution in [3.8, 4) is 0 Å². The van der Waals surface area contributed by atoms with Crippen LogP contribution in [0.2, 0.25) is 0 Å². The molecular weight excluding hydrogens is 244 g/mol. The van der Waals surface area contributed by atoms with E-state index in [0.717, 1.165) is 12.8 Å². The Bertz CT molecular complexity index is 373. The highest BCUT2D eigenvalue weighted by atomic mass is 14.8. The summed E-state index contributed by atoms with van der Waals surface area (Å²) in [7, 11) is 1.99. The average Bonchev–Trinajstić information content (AvgIpc) is 2.42. The van der Waals surface area contributed by atoms with Crippen molar-refractivity contribution in [2.75, 3.05) is 13.6 Å². The molecule has 0 aromatic carbocycles. The van der Waals surface area contributed by atoms with Crippen LogP contribution in [0.1, 0.15) is 54.4 Å². The number of allylic oxidation sites excluding steroid dienone is 5. The zero-order chi connectivity index (χ0) is 15.7. The largest absolute Gasteiger partial charge is 0.392 e. The van der Waals surface area contributed by atoms with E-state index in [1.807, 2.05) is 7.05 Å². The van der Waals surface area contributed by atoms with E-state index in [9.17, 15) is 0 Å². The van der Waals surface area contributed by atoms with E-state index < -0.39 is 0 Å². The lowest BCUT2D eigenvalue weighted by Gasteiger charge is -2.27. The minimum absolute atomic E-state index is 0.442. The van der Waals surface area contributed by atoms with Crippen LogP contribution in [0.4, 0.5) is 0 Å². The first-order valence-corrected chi connectivity index (χ1v) is 7.87. The summed E-state index contributed by atoms with van der Waals surface area (Å²) in [5.74, 6) is 0.991. The Balaban J connectivity index is 5.82. The predicted octanol–water partition coefficient (Wildman–Crippen LogP) is 4.40. The third kappa shape index (κ3) is 5.16. The Hall–Kier alpha value is -1.02. The molecule has 2 nitrogen and oxygen atoms in total. The molecule has 0 aliphatic rings. The lowest BCUT2D eigenvalue weighted by Crippen LogP contribution is -2.18. The van der Waals surface area contributed by atoms with Gasteiger partial charge in [0.1, 0.15) is 0 Å². The van der Waals surface area contributed by atoms with Crippen molar-refractivity contribution in [3.63, 3.8) is 0 Å². The van der Waals surface area contributed by atoms with Gasteiger partial charge in [-0.15, -0.1) is 0 Å². The van der Waals surface area contributed by atoms with Gasteiger partial charge in [-0.2, -0.15) is 0 Å². The highest BCUT2D eigenvalue weighted by molar-refractivity contribution is 5.34. The highest BCUT2D eigenvalue weighted by Crippen LogP contribution is 2.33. The number of rotatable bonds is 8. The Morgan fingerprint density at radius 3 is 2.20 bits per heavy atom. The summed E-state index contributed by atoms with van der Waals surface area (Å²) in [6.07, 6.45) is 6.44. The maximum Gasteiger partial charge on any atom is 0.00708 e. The average molecular weight is 278 g/mol. The minimum atomic E-state index is 0.442. The minimum Gasteiger partial charge on any atom is -0.392 e. The fourth-order valence-electron chi connectivity index (χ4n) is 3.00. The van der Waals surface area contributed by atoms with Gasteiger partial charge in [-0.3, -0.25) is 0 Å². The normalized spacial score (nSPS) is 16.2. The lowest BCUT2D eigenvalue weighted by atomic mass is 9.80. The van der Waals surface area contributed by atoms with Gasteiger partial charge in [-0.05, 0) is 50.3 Å². The zero-order valence-electron chi connectivity index (χ0n) is 14.5. The Morgan fingerprint density at radius 2 is 1.85 bits per heavy atom. The van der Waals surface area contributed by atoms with Gasteiger partial charge in [-0.1, -0.05) is 45.4 Å². The third-order valence-electron chi connectivity index (χ3n) is 4.00. The monoisotopic (exact) mass is 278 g/mol. The fourth-order valence-corrected chi connectivity index (χ4v) is 3.00. The first-order chi connectivity index (χ1) is 9.44. The maximum atomic E-state index is 5.81. The molecule has 0 amide bonds. The SMILES string of the molecule is C/C=C\C(CC)=C(/C(C)C)[C@@H](C)/C(CCN)=C(/C)NC. The summed E-state index contributed by atoms with van der Waals surface area (Å²) in [5.41, 5.74) is 11.5. The molecule has 0 spiro atoms. The highest BCUT2D eigenvalue weighted by Gasteiger charge is 2.20.